The Kier molecular flexibility index (Phi) is 6.80. The second-order valence-corrected chi connectivity index (χ2v) is 5.44. The van der Waals surface area contributed by atoms with Crippen molar-refractivity contribution in [1.82, 2.24) is 15.6 Å². The van der Waals surface area contributed by atoms with E-state index in [2.05, 4.69) is 20.6 Å². The van der Waals surface area contributed by atoms with Gasteiger partial charge in [-0.3, -0.25) is 9.98 Å². The fourth-order valence-electron chi connectivity index (χ4n) is 2.26. The minimum Gasteiger partial charge on any atom is -0.356 e. The lowest BCUT2D eigenvalue weighted by Crippen LogP contribution is -2.39. The lowest BCUT2D eigenvalue weighted by atomic mass is 10.1. The summed E-state index contributed by atoms with van der Waals surface area (Å²) < 4.78 is 37.6. The number of aromatic nitrogens is 1. The molecule has 0 bridgehead atoms. The topological polar surface area (TPSA) is 49.3 Å². The summed E-state index contributed by atoms with van der Waals surface area (Å²) in [6.07, 6.45) is -1.15. The highest BCUT2D eigenvalue weighted by Gasteiger charge is 2.29. The summed E-state index contributed by atoms with van der Waals surface area (Å²) >= 11 is 0. The zero-order chi connectivity index (χ0) is 18.1. The van der Waals surface area contributed by atoms with E-state index in [0.29, 0.717) is 25.5 Å². The molecule has 0 spiro atoms. The van der Waals surface area contributed by atoms with Crippen LogP contribution in [0.25, 0.3) is 0 Å². The summed E-state index contributed by atoms with van der Waals surface area (Å²) in [7, 11) is 1.67. The molecule has 0 saturated carbocycles. The van der Waals surface area contributed by atoms with Crippen molar-refractivity contribution in [2.24, 2.45) is 4.99 Å². The van der Waals surface area contributed by atoms with Crippen LogP contribution < -0.4 is 10.6 Å². The second kappa shape index (κ2) is 9.05. The van der Waals surface area contributed by atoms with Crippen molar-refractivity contribution in [3.8, 4) is 0 Å². The standard InChI is InChI=1S/C18H21F3N4/c1-22-17(25-13-10-16-4-2-3-11-23-16)24-12-9-14-5-7-15(8-6-14)18(19,20)21/h2-8,11H,9-10,12-13H2,1H3,(H2,22,24,25). The SMILES string of the molecule is CN=C(NCCc1ccc(C(F)(F)F)cc1)NCCc1ccccn1. The number of halogens is 3. The zero-order valence-electron chi connectivity index (χ0n) is 14.0. The molecule has 1 aromatic carbocycles. The first-order valence-electron chi connectivity index (χ1n) is 7.99. The van der Waals surface area contributed by atoms with Crippen molar-refractivity contribution in [1.29, 1.82) is 0 Å². The molecular weight excluding hydrogens is 329 g/mol. The highest BCUT2D eigenvalue weighted by molar-refractivity contribution is 5.79. The van der Waals surface area contributed by atoms with E-state index < -0.39 is 11.7 Å². The minimum atomic E-state index is -4.30. The Hall–Kier alpha value is -2.57. The van der Waals surface area contributed by atoms with Crippen molar-refractivity contribution in [3.63, 3.8) is 0 Å². The summed E-state index contributed by atoms with van der Waals surface area (Å²) in [5.41, 5.74) is 1.20. The van der Waals surface area contributed by atoms with Gasteiger partial charge in [0.1, 0.15) is 0 Å². The van der Waals surface area contributed by atoms with Crippen LogP contribution in [0.1, 0.15) is 16.8 Å². The van der Waals surface area contributed by atoms with Crippen molar-refractivity contribution < 1.29 is 13.2 Å². The third kappa shape index (κ3) is 6.45. The van der Waals surface area contributed by atoms with E-state index in [1.807, 2.05) is 18.2 Å². The van der Waals surface area contributed by atoms with Gasteiger partial charge in [-0.2, -0.15) is 13.2 Å². The number of hydrogen-bond acceptors (Lipinski definition) is 2. The summed E-state index contributed by atoms with van der Waals surface area (Å²) in [5, 5.41) is 6.33. The van der Waals surface area contributed by atoms with Crippen LogP contribution in [0.5, 0.6) is 0 Å². The minimum absolute atomic E-state index is 0.578. The first-order chi connectivity index (χ1) is 12.0. The van der Waals surface area contributed by atoms with E-state index in [4.69, 9.17) is 0 Å². The molecule has 0 unspecified atom stereocenters. The molecule has 1 aromatic heterocycles. The Bertz CT molecular complexity index is 667. The van der Waals surface area contributed by atoms with Gasteiger partial charge in [-0.15, -0.1) is 0 Å². The van der Waals surface area contributed by atoms with Gasteiger partial charge >= 0.3 is 6.18 Å². The number of nitrogens with one attached hydrogen (secondary N) is 2. The number of benzene rings is 1. The second-order valence-electron chi connectivity index (χ2n) is 5.44. The molecular formula is C18H21F3N4. The first-order valence-corrected chi connectivity index (χ1v) is 7.99. The van der Waals surface area contributed by atoms with Gasteiger partial charge < -0.3 is 10.6 Å². The maximum Gasteiger partial charge on any atom is 0.416 e. The monoisotopic (exact) mass is 350 g/mol. The maximum atomic E-state index is 12.5. The van der Waals surface area contributed by atoms with Crippen LogP contribution in [0, 0.1) is 0 Å². The van der Waals surface area contributed by atoms with Crippen molar-refractivity contribution in [2.45, 2.75) is 19.0 Å². The Labute approximate surface area is 145 Å². The van der Waals surface area contributed by atoms with Crippen LogP contribution >= 0.6 is 0 Å². The highest BCUT2D eigenvalue weighted by Crippen LogP contribution is 2.29. The van der Waals surface area contributed by atoms with E-state index in [0.717, 1.165) is 29.8 Å². The number of aliphatic imine (C=N–C) groups is 1. The van der Waals surface area contributed by atoms with E-state index in [1.54, 1.807) is 13.2 Å². The number of pyridine rings is 1. The summed E-state index contributed by atoms with van der Waals surface area (Å²) in [6.45, 7) is 1.27. The molecule has 2 aromatic rings. The van der Waals surface area contributed by atoms with Crippen molar-refractivity contribution in [2.75, 3.05) is 20.1 Å². The van der Waals surface area contributed by atoms with Crippen LogP contribution in [-0.2, 0) is 19.0 Å². The smallest absolute Gasteiger partial charge is 0.356 e. The summed E-state index contributed by atoms with van der Waals surface area (Å²) in [5.74, 6) is 0.655. The van der Waals surface area contributed by atoms with Gasteiger partial charge in [-0.25, -0.2) is 0 Å². The molecule has 0 atom stereocenters. The molecule has 0 aliphatic carbocycles. The van der Waals surface area contributed by atoms with E-state index in [9.17, 15) is 13.2 Å². The molecule has 0 saturated heterocycles. The third-order valence-electron chi connectivity index (χ3n) is 3.61. The molecule has 0 radical (unpaired) electrons. The molecule has 0 aliphatic heterocycles. The van der Waals surface area contributed by atoms with Crippen LogP contribution in [0.3, 0.4) is 0 Å². The third-order valence-corrected chi connectivity index (χ3v) is 3.61. The number of hydrogen-bond donors (Lipinski definition) is 2. The average Bonchev–Trinajstić information content (AvgIpc) is 2.61. The van der Waals surface area contributed by atoms with Crippen LogP contribution in [0.4, 0.5) is 13.2 Å². The number of alkyl halides is 3. The molecule has 25 heavy (non-hydrogen) atoms. The van der Waals surface area contributed by atoms with Crippen LogP contribution in [0.2, 0.25) is 0 Å². The first kappa shape index (κ1) is 18.8. The summed E-state index contributed by atoms with van der Waals surface area (Å²) in [6, 6.07) is 11.0. The van der Waals surface area contributed by atoms with E-state index in [-0.39, 0.29) is 0 Å². The molecule has 0 fully saturated rings. The predicted molar refractivity (Wildman–Crippen MR) is 92.5 cm³/mol. The Balaban J connectivity index is 1.72. The normalized spacial score (nSPS) is 12.1. The zero-order valence-corrected chi connectivity index (χ0v) is 14.0. The van der Waals surface area contributed by atoms with Crippen molar-refractivity contribution >= 4 is 5.96 Å². The molecule has 2 rings (SSSR count). The van der Waals surface area contributed by atoms with Gasteiger partial charge in [0.05, 0.1) is 5.56 Å². The molecule has 0 aliphatic rings. The molecule has 1 heterocycles. The van der Waals surface area contributed by atoms with Gasteiger partial charge in [0.15, 0.2) is 5.96 Å². The van der Waals surface area contributed by atoms with Crippen LogP contribution in [0.15, 0.2) is 53.7 Å². The lowest BCUT2D eigenvalue weighted by molar-refractivity contribution is -0.137. The molecule has 0 amide bonds. The van der Waals surface area contributed by atoms with Crippen LogP contribution in [-0.4, -0.2) is 31.1 Å². The van der Waals surface area contributed by atoms with Gasteiger partial charge in [0.2, 0.25) is 0 Å². The number of guanidine groups is 1. The number of nitrogens with zero attached hydrogens (tertiary/aromatic N) is 2. The van der Waals surface area contributed by atoms with Gasteiger partial charge in [0.25, 0.3) is 0 Å². The Morgan fingerprint density at radius 1 is 1.00 bits per heavy atom. The fraction of sp³-hybridized carbons (Fsp3) is 0.333. The van der Waals surface area contributed by atoms with Gasteiger partial charge in [-0.1, -0.05) is 18.2 Å². The molecule has 2 N–H and O–H groups in total. The van der Waals surface area contributed by atoms with Gasteiger partial charge in [-0.05, 0) is 36.2 Å². The molecule has 7 heteroatoms. The number of rotatable bonds is 6. The molecule has 4 nitrogen and oxygen atoms in total. The Morgan fingerprint density at radius 3 is 2.24 bits per heavy atom. The quantitative estimate of drug-likeness (QED) is 0.622. The largest absolute Gasteiger partial charge is 0.416 e. The fourth-order valence-corrected chi connectivity index (χ4v) is 2.26. The average molecular weight is 350 g/mol. The van der Waals surface area contributed by atoms with Gasteiger partial charge in [0, 0.05) is 38.4 Å². The summed E-state index contributed by atoms with van der Waals surface area (Å²) in [4.78, 5) is 8.37. The highest BCUT2D eigenvalue weighted by atomic mass is 19.4. The Morgan fingerprint density at radius 2 is 1.68 bits per heavy atom. The van der Waals surface area contributed by atoms with Crippen molar-refractivity contribution in [3.05, 3.63) is 65.5 Å². The lowest BCUT2D eigenvalue weighted by Gasteiger charge is -2.12. The van der Waals surface area contributed by atoms with E-state index >= 15 is 0 Å². The maximum absolute atomic E-state index is 12.5. The molecule has 134 valence electrons. The predicted octanol–water partition coefficient (Wildman–Crippen LogP) is 3.05. The van der Waals surface area contributed by atoms with E-state index in [1.165, 1.54) is 12.1 Å².